The van der Waals surface area contributed by atoms with Crippen molar-refractivity contribution in [3.05, 3.63) is 123 Å². The molecule has 5 nitrogen and oxygen atoms in total. The van der Waals surface area contributed by atoms with E-state index in [0.29, 0.717) is 22.6 Å². The van der Waals surface area contributed by atoms with Gasteiger partial charge in [-0.2, -0.15) is 0 Å². The number of hydrogen-bond acceptors (Lipinski definition) is 4. The van der Waals surface area contributed by atoms with Crippen LogP contribution in [0, 0.1) is 17.0 Å². The molecule has 1 aromatic heterocycles. The van der Waals surface area contributed by atoms with Gasteiger partial charge in [-0.05, 0) is 54.5 Å². The Balaban J connectivity index is 1.54. The Kier molecular flexibility index (Phi) is 5.58. The van der Waals surface area contributed by atoms with Crippen molar-refractivity contribution in [2.24, 2.45) is 0 Å². The highest BCUT2D eigenvalue weighted by atomic mass is 16.6. The van der Waals surface area contributed by atoms with Crippen molar-refractivity contribution in [3.63, 3.8) is 0 Å². The largest absolute Gasteiger partial charge is 0.457 e. The number of benzene rings is 3. The van der Waals surface area contributed by atoms with E-state index in [1.807, 2.05) is 79.7 Å². The number of rotatable bonds is 6. The van der Waals surface area contributed by atoms with Crippen molar-refractivity contribution in [1.29, 1.82) is 0 Å². The van der Waals surface area contributed by atoms with Crippen LogP contribution in [-0.4, -0.2) is 10.7 Å². The first-order valence-electron chi connectivity index (χ1n) is 9.74. The predicted molar refractivity (Wildman–Crippen MR) is 121 cm³/mol. The van der Waals surface area contributed by atoms with Crippen molar-refractivity contribution in [2.75, 3.05) is 0 Å². The molecule has 4 aromatic rings. The molecule has 0 fully saturated rings. The minimum atomic E-state index is -0.432. The highest BCUT2D eigenvalue weighted by Gasteiger charge is 2.12. The number of furan rings is 1. The van der Waals surface area contributed by atoms with E-state index in [1.54, 1.807) is 12.1 Å². The molecule has 152 valence electrons. The lowest BCUT2D eigenvalue weighted by molar-refractivity contribution is -0.384. The molecule has 0 aliphatic rings. The van der Waals surface area contributed by atoms with Crippen LogP contribution in [0.1, 0.15) is 32.8 Å². The second-order valence-corrected chi connectivity index (χ2v) is 7.11. The number of aryl methyl sites for hydroxylation is 1. The number of nitro groups is 1. The lowest BCUT2D eigenvalue weighted by atomic mass is 9.97. The fourth-order valence-electron chi connectivity index (χ4n) is 3.26. The molecule has 0 bridgehead atoms. The van der Waals surface area contributed by atoms with Gasteiger partial charge in [-0.15, -0.1) is 0 Å². The third kappa shape index (κ3) is 4.51. The summed E-state index contributed by atoms with van der Waals surface area (Å²) in [5.74, 6) is 1.26. The highest BCUT2D eigenvalue weighted by molar-refractivity contribution is 6.10. The van der Waals surface area contributed by atoms with Crippen LogP contribution in [-0.2, 0) is 0 Å². The van der Waals surface area contributed by atoms with Gasteiger partial charge < -0.3 is 4.42 Å². The number of nitrogens with zero attached hydrogens (tertiary/aromatic N) is 1. The Hall–Kier alpha value is -4.25. The smallest absolute Gasteiger partial charge is 0.269 e. The molecule has 3 aromatic carbocycles. The van der Waals surface area contributed by atoms with E-state index in [-0.39, 0.29) is 11.5 Å². The number of ketones is 1. The number of hydrogen-bond donors (Lipinski definition) is 0. The maximum Gasteiger partial charge on any atom is 0.269 e. The van der Waals surface area contributed by atoms with E-state index in [2.05, 4.69) is 0 Å². The lowest BCUT2D eigenvalue weighted by Crippen LogP contribution is -2.03. The average molecular weight is 409 g/mol. The summed E-state index contributed by atoms with van der Waals surface area (Å²) >= 11 is 0. The summed E-state index contributed by atoms with van der Waals surface area (Å²) in [6.07, 6.45) is 3.72. The van der Waals surface area contributed by atoms with Crippen molar-refractivity contribution in [2.45, 2.75) is 6.92 Å². The zero-order chi connectivity index (χ0) is 21.8. The molecule has 0 atom stereocenters. The third-order valence-electron chi connectivity index (χ3n) is 4.97. The van der Waals surface area contributed by atoms with Crippen molar-refractivity contribution in [3.8, 4) is 11.3 Å². The molecule has 0 radical (unpaired) electrons. The van der Waals surface area contributed by atoms with Gasteiger partial charge >= 0.3 is 0 Å². The Morgan fingerprint density at radius 1 is 0.903 bits per heavy atom. The number of carbonyl (C=O) groups excluding carboxylic acids is 1. The Morgan fingerprint density at radius 3 is 2.35 bits per heavy atom. The standard InChI is InChI=1S/C26H19NO4/c1-18-7-8-19(17-24(18)26(28)21-5-3-2-4-6-21)9-14-23-15-16-25(31-23)20-10-12-22(13-11-20)27(29)30/h2-17H,1H3/b14-9+. The van der Waals surface area contributed by atoms with Crippen LogP contribution < -0.4 is 0 Å². The normalized spacial score (nSPS) is 11.0. The summed E-state index contributed by atoms with van der Waals surface area (Å²) in [5, 5.41) is 10.8. The summed E-state index contributed by atoms with van der Waals surface area (Å²) in [6, 6.07) is 24.8. The van der Waals surface area contributed by atoms with Crippen molar-refractivity contribution < 1.29 is 14.1 Å². The van der Waals surface area contributed by atoms with Crippen LogP contribution in [0.15, 0.2) is 89.3 Å². The molecule has 1 heterocycles. The van der Waals surface area contributed by atoms with Crippen molar-refractivity contribution in [1.82, 2.24) is 0 Å². The third-order valence-corrected chi connectivity index (χ3v) is 4.97. The molecular weight excluding hydrogens is 390 g/mol. The molecule has 0 amide bonds. The number of nitro benzene ring substituents is 1. The summed E-state index contributed by atoms with van der Waals surface area (Å²) in [5.41, 5.74) is 3.93. The maximum atomic E-state index is 12.8. The topological polar surface area (TPSA) is 73.3 Å². The van der Waals surface area contributed by atoms with Crippen LogP contribution in [0.2, 0.25) is 0 Å². The molecule has 5 heteroatoms. The zero-order valence-electron chi connectivity index (χ0n) is 16.8. The van der Waals surface area contributed by atoms with Gasteiger partial charge in [-0.1, -0.05) is 48.5 Å². The Bertz CT molecular complexity index is 1270. The predicted octanol–water partition coefficient (Wildman–Crippen LogP) is 6.56. The van der Waals surface area contributed by atoms with Crippen LogP contribution in [0.25, 0.3) is 23.5 Å². The average Bonchev–Trinajstić information content (AvgIpc) is 3.28. The van der Waals surface area contributed by atoms with Crippen LogP contribution >= 0.6 is 0 Å². The highest BCUT2D eigenvalue weighted by Crippen LogP contribution is 2.25. The van der Waals surface area contributed by atoms with Crippen LogP contribution in [0.3, 0.4) is 0 Å². The van der Waals surface area contributed by atoms with E-state index < -0.39 is 4.92 Å². The first-order chi connectivity index (χ1) is 15.0. The molecule has 4 rings (SSSR count). The summed E-state index contributed by atoms with van der Waals surface area (Å²) < 4.78 is 5.84. The molecule has 0 N–H and O–H groups in total. The van der Waals surface area contributed by atoms with Crippen molar-refractivity contribution >= 4 is 23.6 Å². The van der Waals surface area contributed by atoms with E-state index in [9.17, 15) is 14.9 Å². The van der Waals surface area contributed by atoms with Gasteiger partial charge in [0.2, 0.25) is 0 Å². The van der Waals surface area contributed by atoms with Gasteiger partial charge in [0, 0.05) is 28.8 Å². The van der Waals surface area contributed by atoms with Gasteiger partial charge in [0.05, 0.1) is 4.92 Å². The molecule has 0 aliphatic heterocycles. The second kappa shape index (κ2) is 8.63. The van der Waals surface area contributed by atoms with Gasteiger partial charge in [-0.25, -0.2) is 0 Å². The Morgan fingerprint density at radius 2 is 1.65 bits per heavy atom. The van der Waals surface area contributed by atoms with Gasteiger partial charge in [0.15, 0.2) is 5.78 Å². The number of non-ortho nitro benzene ring substituents is 1. The molecule has 0 spiro atoms. The minimum Gasteiger partial charge on any atom is -0.457 e. The first-order valence-corrected chi connectivity index (χ1v) is 9.74. The second-order valence-electron chi connectivity index (χ2n) is 7.11. The van der Waals surface area contributed by atoms with E-state index in [0.717, 1.165) is 16.7 Å². The fourth-order valence-corrected chi connectivity index (χ4v) is 3.26. The zero-order valence-corrected chi connectivity index (χ0v) is 16.8. The minimum absolute atomic E-state index is 0.00759. The number of carbonyl (C=O) groups is 1. The summed E-state index contributed by atoms with van der Waals surface area (Å²) in [6.45, 7) is 1.92. The molecule has 0 unspecified atom stereocenters. The molecule has 0 aliphatic carbocycles. The lowest BCUT2D eigenvalue weighted by Gasteiger charge is -2.06. The fraction of sp³-hybridized carbons (Fsp3) is 0.0385. The molecule has 0 saturated heterocycles. The van der Waals surface area contributed by atoms with Gasteiger partial charge in [-0.3, -0.25) is 14.9 Å². The van der Waals surface area contributed by atoms with Gasteiger partial charge in [0.25, 0.3) is 5.69 Å². The quantitative estimate of drug-likeness (QED) is 0.205. The van der Waals surface area contributed by atoms with Crippen LogP contribution in [0.4, 0.5) is 5.69 Å². The Labute approximate surface area is 179 Å². The monoisotopic (exact) mass is 409 g/mol. The summed E-state index contributed by atoms with van der Waals surface area (Å²) in [7, 11) is 0. The molecule has 0 saturated carbocycles. The van der Waals surface area contributed by atoms with E-state index in [4.69, 9.17) is 4.42 Å². The molecular formula is C26H19NO4. The SMILES string of the molecule is Cc1ccc(/C=C/c2ccc(-c3ccc([N+](=O)[O-])cc3)o2)cc1C(=O)c1ccccc1. The first kappa shape index (κ1) is 20.0. The van der Waals surface area contributed by atoms with Crippen LogP contribution in [0.5, 0.6) is 0 Å². The summed E-state index contributed by atoms with van der Waals surface area (Å²) in [4.78, 5) is 23.2. The van der Waals surface area contributed by atoms with Gasteiger partial charge in [0.1, 0.15) is 11.5 Å². The maximum absolute atomic E-state index is 12.8. The molecule has 31 heavy (non-hydrogen) atoms. The van der Waals surface area contributed by atoms with E-state index in [1.165, 1.54) is 12.1 Å². The van der Waals surface area contributed by atoms with E-state index >= 15 is 0 Å².